The number of carboxylic acids is 1. The molecule has 1 aromatic heterocycles. The van der Waals surface area contributed by atoms with E-state index >= 15 is 0 Å². The van der Waals surface area contributed by atoms with Crippen molar-refractivity contribution in [3.05, 3.63) is 95.2 Å². The lowest BCUT2D eigenvalue weighted by Gasteiger charge is -2.18. The van der Waals surface area contributed by atoms with Crippen LogP contribution >= 0.6 is 12.4 Å². The lowest BCUT2D eigenvalue weighted by Crippen LogP contribution is -2.26. The van der Waals surface area contributed by atoms with Gasteiger partial charge in [-0.3, -0.25) is 30.8 Å². The monoisotopic (exact) mass is 632 g/mol. The van der Waals surface area contributed by atoms with Gasteiger partial charge >= 0.3 is 5.97 Å². The van der Waals surface area contributed by atoms with Gasteiger partial charge in [-0.15, -0.1) is 17.5 Å². The largest absolute Gasteiger partial charge is 0.480 e. The molecule has 0 atom stereocenters. The van der Waals surface area contributed by atoms with Gasteiger partial charge in [0.05, 0.1) is 16.9 Å². The number of fused-ring (bicyclic) bond motifs is 2. The summed E-state index contributed by atoms with van der Waals surface area (Å²) in [5.74, 6) is -1.32. The zero-order chi connectivity index (χ0) is 32.1. The SMILES string of the molecule is CC(=O)NCC(=O)O.Cl.N=C(N)c1ccc(N=NNc2ccc(C(=N)N)cc2)cc1.Nc1c2c(nc3ccccc13)CCCC2. The van der Waals surface area contributed by atoms with Crippen LogP contribution < -0.4 is 27.9 Å². The molecule has 0 aliphatic heterocycles. The van der Waals surface area contributed by atoms with Crippen molar-refractivity contribution in [2.75, 3.05) is 17.7 Å². The summed E-state index contributed by atoms with van der Waals surface area (Å²) in [4.78, 5) is 24.4. The molecular formula is C31H37ClN10O3. The number of hydrogen-bond acceptors (Lipinski definition) is 8. The van der Waals surface area contributed by atoms with E-state index in [0.29, 0.717) is 16.8 Å². The van der Waals surface area contributed by atoms with Gasteiger partial charge in [-0.05, 0) is 85.8 Å². The van der Waals surface area contributed by atoms with Crippen molar-refractivity contribution in [3.8, 4) is 0 Å². The molecule has 1 heterocycles. The van der Waals surface area contributed by atoms with Crippen LogP contribution in [0.5, 0.6) is 0 Å². The van der Waals surface area contributed by atoms with Gasteiger partial charge in [0.2, 0.25) is 5.91 Å². The number of aryl methyl sites for hydroxylation is 1. The molecule has 1 amide bonds. The van der Waals surface area contributed by atoms with Gasteiger partial charge in [-0.1, -0.05) is 23.4 Å². The van der Waals surface area contributed by atoms with Crippen molar-refractivity contribution in [3.63, 3.8) is 0 Å². The van der Waals surface area contributed by atoms with Gasteiger partial charge < -0.3 is 27.6 Å². The number of amidine groups is 2. The Kier molecular flexibility index (Phi) is 13.9. The van der Waals surface area contributed by atoms with E-state index in [1.807, 2.05) is 18.2 Å². The third-order valence-corrected chi connectivity index (χ3v) is 6.42. The molecule has 1 aliphatic carbocycles. The molecule has 236 valence electrons. The van der Waals surface area contributed by atoms with Crippen molar-refractivity contribution in [1.29, 1.82) is 10.8 Å². The van der Waals surface area contributed by atoms with E-state index in [2.05, 4.69) is 27.1 Å². The summed E-state index contributed by atoms with van der Waals surface area (Å²) >= 11 is 0. The molecular weight excluding hydrogens is 596 g/mol. The number of para-hydroxylation sites is 1. The Morgan fingerprint density at radius 3 is 2.04 bits per heavy atom. The second kappa shape index (κ2) is 17.5. The first-order valence-corrected chi connectivity index (χ1v) is 13.7. The van der Waals surface area contributed by atoms with Crippen molar-refractivity contribution in [1.82, 2.24) is 10.3 Å². The quantitative estimate of drug-likeness (QED) is 0.0613. The van der Waals surface area contributed by atoms with Crippen molar-refractivity contribution >= 4 is 63.9 Å². The van der Waals surface area contributed by atoms with Crippen molar-refractivity contribution in [2.45, 2.75) is 32.6 Å². The summed E-state index contributed by atoms with van der Waals surface area (Å²) in [5.41, 5.74) is 26.9. The summed E-state index contributed by atoms with van der Waals surface area (Å²) in [7, 11) is 0. The zero-order valence-electron chi connectivity index (χ0n) is 24.7. The Morgan fingerprint density at radius 1 is 0.911 bits per heavy atom. The molecule has 45 heavy (non-hydrogen) atoms. The number of aliphatic carboxylic acids is 1. The normalized spacial score (nSPS) is 11.4. The van der Waals surface area contributed by atoms with Gasteiger partial charge in [0.25, 0.3) is 0 Å². The lowest BCUT2D eigenvalue weighted by atomic mass is 9.93. The number of anilines is 2. The lowest BCUT2D eigenvalue weighted by molar-refractivity contribution is -0.137. The molecule has 0 spiro atoms. The Hall–Kier alpha value is -5.56. The maximum Gasteiger partial charge on any atom is 0.322 e. The minimum atomic E-state index is -1.03. The number of rotatable bonds is 7. The van der Waals surface area contributed by atoms with Crippen LogP contribution in [0, 0.1) is 10.8 Å². The first kappa shape index (κ1) is 35.6. The predicted octanol–water partition coefficient (Wildman–Crippen LogP) is 4.69. The van der Waals surface area contributed by atoms with E-state index in [1.54, 1.807) is 48.5 Å². The summed E-state index contributed by atoms with van der Waals surface area (Å²) < 4.78 is 0. The minimum absolute atomic E-state index is 0. The summed E-state index contributed by atoms with van der Waals surface area (Å²) in [6.45, 7) is 0.971. The third kappa shape index (κ3) is 11.2. The number of carboxylic acid groups (broad SMARTS) is 1. The van der Waals surface area contributed by atoms with Crippen LogP contribution in [0.2, 0.25) is 0 Å². The maximum absolute atomic E-state index is 9.97. The molecule has 1 aliphatic rings. The molecule has 0 unspecified atom stereocenters. The topological polar surface area (TPSA) is 242 Å². The highest BCUT2D eigenvalue weighted by Crippen LogP contribution is 2.30. The Balaban J connectivity index is 0.000000256. The number of carbonyl (C=O) groups excluding carboxylic acids is 1. The van der Waals surface area contributed by atoms with Crippen LogP contribution in [0.3, 0.4) is 0 Å². The molecule has 4 aromatic rings. The van der Waals surface area contributed by atoms with Gasteiger partial charge in [0, 0.05) is 34.8 Å². The number of carbonyl (C=O) groups is 2. The van der Waals surface area contributed by atoms with Gasteiger partial charge in [-0.25, -0.2) is 0 Å². The van der Waals surface area contributed by atoms with E-state index in [1.165, 1.54) is 31.0 Å². The molecule has 5 rings (SSSR count). The van der Waals surface area contributed by atoms with Crippen molar-refractivity contribution in [2.24, 2.45) is 21.8 Å². The van der Waals surface area contributed by atoms with Gasteiger partial charge in [0.15, 0.2) is 0 Å². The molecule has 0 bridgehead atoms. The number of amides is 1. The molecule has 13 nitrogen and oxygen atoms in total. The number of nitrogens with zero attached hydrogens (tertiary/aromatic N) is 3. The maximum atomic E-state index is 9.97. The zero-order valence-corrected chi connectivity index (χ0v) is 25.5. The number of nitrogens with two attached hydrogens (primary N) is 3. The average molecular weight is 633 g/mol. The molecule has 0 saturated carbocycles. The van der Waals surface area contributed by atoms with Crippen LogP contribution in [0.1, 0.15) is 42.1 Å². The smallest absolute Gasteiger partial charge is 0.322 e. The fourth-order valence-corrected chi connectivity index (χ4v) is 4.18. The number of halogens is 1. The van der Waals surface area contributed by atoms with Crippen LogP contribution in [0.25, 0.3) is 10.9 Å². The number of hydrogen-bond donors (Lipinski definition) is 8. The molecule has 0 radical (unpaired) electrons. The van der Waals surface area contributed by atoms with Crippen LogP contribution in [0.4, 0.5) is 17.1 Å². The second-order valence-electron chi connectivity index (χ2n) is 9.74. The average Bonchev–Trinajstić information content (AvgIpc) is 3.01. The van der Waals surface area contributed by atoms with E-state index in [0.717, 1.165) is 35.1 Å². The number of nitrogens with one attached hydrogen (secondary N) is 4. The number of pyridine rings is 1. The van der Waals surface area contributed by atoms with Crippen LogP contribution in [0.15, 0.2) is 83.1 Å². The van der Waals surface area contributed by atoms with E-state index in [-0.39, 0.29) is 36.5 Å². The minimum Gasteiger partial charge on any atom is -0.480 e. The molecule has 0 saturated heterocycles. The third-order valence-electron chi connectivity index (χ3n) is 6.42. The highest BCUT2D eigenvalue weighted by atomic mass is 35.5. The molecule has 14 heteroatoms. The summed E-state index contributed by atoms with van der Waals surface area (Å²) in [6, 6.07) is 22.0. The Labute approximate surface area is 266 Å². The van der Waals surface area contributed by atoms with E-state index < -0.39 is 5.97 Å². The molecule has 3 aromatic carbocycles. The first-order chi connectivity index (χ1) is 21.0. The molecule has 11 N–H and O–H groups in total. The van der Waals surface area contributed by atoms with Gasteiger partial charge in [0.1, 0.15) is 18.2 Å². The summed E-state index contributed by atoms with van der Waals surface area (Å²) in [5, 5.41) is 33.6. The number of aromatic nitrogens is 1. The van der Waals surface area contributed by atoms with Crippen molar-refractivity contribution < 1.29 is 14.7 Å². The molecule has 0 fully saturated rings. The van der Waals surface area contributed by atoms with E-state index in [4.69, 9.17) is 38.1 Å². The highest BCUT2D eigenvalue weighted by molar-refractivity contribution is 5.95. The standard InChI is InChI=1S/C14H15N7.C13H14N2.C4H7NO3.ClH/c15-13(16)9-1-5-11(6-2-9)19-21-20-12-7-3-10(4-8-12)14(17)18;14-13-9-5-1-3-7-11(9)15-12-8-4-2-6-10(12)13;1-3(6)5-2-4(7)8;/h1-8H,(H3,15,16)(H3,17,18)(H,19,20);1,3,5,7H,2,4,6,8H2,(H2,14,15);2H2,1H3,(H,5,6)(H,7,8);1H. The summed E-state index contributed by atoms with van der Waals surface area (Å²) in [6.07, 6.45) is 4.68. The van der Waals surface area contributed by atoms with Gasteiger partial charge in [-0.2, -0.15) is 0 Å². The highest BCUT2D eigenvalue weighted by Gasteiger charge is 2.15. The second-order valence-corrected chi connectivity index (χ2v) is 9.74. The van der Waals surface area contributed by atoms with E-state index in [9.17, 15) is 9.59 Å². The Bertz CT molecular complexity index is 1650. The van der Waals surface area contributed by atoms with Crippen LogP contribution in [-0.2, 0) is 22.4 Å². The van der Waals surface area contributed by atoms with Crippen LogP contribution in [-0.4, -0.2) is 40.2 Å². The fourth-order valence-electron chi connectivity index (χ4n) is 4.18. The first-order valence-electron chi connectivity index (χ1n) is 13.7. The number of benzene rings is 3. The fraction of sp³-hybridized carbons (Fsp3) is 0.194. The number of nitrogen functional groups attached to an aromatic ring is 3. The Morgan fingerprint density at radius 2 is 1.49 bits per heavy atom. The predicted molar refractivity (Wildman–Crippen MR) is 179 cm³/mol.